The third-order valence-electron chi connectivity index (χ3n) is 3.44. The maximum absolute atomic E-state index is 12.1. The molecule has 1 heterocycles. The molecule has 0 aliphatic carbocycles. The van der Waals surface area contributed by atoms with Crippen molar-refractivity contribution in [2.75, 3.05) is 19.6 Å². The fraction of sp³-hybridized carbons (Fsp3) is 0.462. The summed E-state index contributed by atoms with van der Waals surface area (Å²) in [7, 11) is -4.01. The van der Waals surface area contributed by atoms with Crippen LogP contribution in [0.5, 0.6) is 0 Å². The van der Waals surface area contributed by atoms with Gasteiger partial charge in [0.25, 0.3) is 5.69 Å². The number of nitro benzene ring substituents is 1. The van der Waals surface area contributed by atoms with Gasteiger partial charge in [0.2, 0.25) is 15.9 Å². The van der Waals surface area contributed by atoms with E-state index in [9.17, 15) is 23.3 Å². The molecule has 0 bridgehead atoms. The van der Waals surface area contributed by atoms with Crippen molar-refractivity contribution in [1.82, 2.24) is 15.4 Å². The van der Waals surface area contributed by atoms with Crippen molar-refractivity contribution in [3.8, 4) is 0 Å². The summed E-state index contributed by atoms with van der Waals surface area (Å²) < 4.78 is 26.5. The van der Waals surface area contributed by atoms with Crippen LogP contribution < -0.4 is 15.4 Å². The normalized spacial score (nSPS) is 17.8. The van der Waals surface area contributed by atoms with Gasteiger partial charge in [0.1, 0.15) is 0 Å². The lowest BCUT2D eigenvalue weighted by molar-refractivity contribution is -0.387. The van der Waals surface area contributed by atoms with Gasteiger partial charge in [-0.1, -0.05) is 12.1 Å². The van der Waals surface area contributed by atoms with Gasteiger partial charge in [-0.2, -0.15) is 0 Å². The summed E-state index contributed by atoms with van der Waals surface area (Å²) in [6.45, 7) is 0.853. The van der Waals surface area contributed by atoms with Gasteiger partial charge < -0.3 is 10.6 Å². The Morgan fingerprint density at radius 3 is 2.74 bits per heavy atom. The predicted molar refractivity (Wildman–Crippen MR) is 82.3 cm³/mol. The Kier molecular flexibility index (Phi) is 5.64. The second-order valence-electron chi connectivity index (χ2n) is 5.06. The highest BCUT2D eigenvalue weighted by atomic mass is 32.2. The number of nitrogens with zero attached hydrogens (tertiary/aromatic N) is 1. The smallest absolute Gasteiger partial charge is 0.289 e. The summed E-state index contributed by atoms with van der Waals surface area (Å²) in [6, 6.07) is 4.87. The Morgan fingerprint density at radius 2 is 2.09 bits per heavy atom. The monoisotopic (exact) mass is 342 g/mol. The molecule has 0 aromatic heterocycles. The number of nitrogens with one attached hydrogen (secondary N) is 3. The topological polar surface area (TPSA) is 130 Å². The van der Waals surface area contributed by atoms with E-state index in [1.54, 1.807) is 0 Å². The molecule has 1 atom stereocenters. The third kappa shape index (κ3) is 4.47. The molecule has 1 aliphatic rings. The highest BCUT2D eigenvalue weighted by Gasteiger charge is 2.25. The number of carbonyl (C=O) groups excluding carboxylic acids is 1. The first-order chi connectivity index (χ1) is 10.9. The maximum Gasteiger partial charge on any atom is 0.289 e. The lowest BCUT2D eigenvalue weighted by atomic mass is 10.2. The van der Waals surface area contributed by atoms with Gasteiger partial charge in [-0.25, -0.2) is 13.1 Å². The van der Waals surface area contributed by atoms with E-state index in [4.69, 9.17) is 0 Å². The number of hydrogen-bond acceptors (Lipinski definition) is 6. The van der Waals surface area contributed by atoms with Crippen LogP contribution in [0.4, 0.5) is 5.69 Å². The summed E-state index contributed by atoms with van der Waals surface area (Å²) in [5, 5.41) is 16.5. The molecule has 3 N–H and O–H groups in total. The van der Waals surface area contributed by atoms with Crippen molar-refractivity contribution >= 4 is 21.6 Å². The molecule has 1 amide bonds. The molecule has 1 aromatic carbocycles. The second kappa shape index (κ2) is 7.49. The van der Waals surface area contributed by atoms with Gasteiger partial charge in [0, 0.05) is 19.2 Å². The van der Waals surface area contributed by atoms with Crippen LogP contribution in [0.1, 0.15) is 12.8 Å². The van der Waals surface area contributed by atoms with Crippen LogP contribution >= 0.6 is 0 Å². The number of sulfonamides is 1. The SMILES string of the molecule is O=C(NCCNS(=O)(=O)c1ccccc1[N+](=O)[O-])C1CCCN1. The van der Waals surface area contributed by atoms with Gasteiger partial charge in [-0.15, -0.1) is 0 Å². The first kappa shape index (κ1) is 17.3. The van der Waals surface area contributed by atoms with Gasteiger partial charge in [0.15, 0.2) is 4.90 Å². The first-order valence-electron chi connectivity index (χ1n) is 7.16. The fourth-order valence-corrected chi connectivity index (χ4v) is 3.52. The largest absolute Gasteiger partial charge is 0.353 e. The third-order valence-corrected chi connectivity index (χ3v) is 4.95. The number of rotatable bonds is 7. The Bertz CT molecular complexity index is 685. The van der Waals surface area contributed by atoms with Gasteiger partial charge >= 0.3 is 0 Å². The number of nitro groups is 1. The van der Waals surface area contributed by atoms with Crippen LogP contribution in [0.3, 0.4) is 0 Å². The summed E-state index contributed by atoms with van der Waals surface area (Å²) in [5.74, 6) is -0.174. The van der Waals surface area contributed by atoms with Crippen molar-refractivity contribution in [1.29, 1.82) is 0 Å². The zero-order valence-corrected chi connectivity index (χ0v) is 13.1. The lowest BCUT2D eigenvalue weighted by Gasteiger charge is -2.11. The molecule has 1 aliphatic heterocycles. The minimum Gasteiger partial charge on any atom is -0.353 e. The van der Waals surface area contributed by atoms with Crippen LogP contribution in [0.15, 0.2) is 29.2 Å². The maximum atomic E-state index is 12.1. The Balaban J connectivity index is 1.89. The molecule has 9 nitrogen and oxygen atoms in total. The van der Waals surface area contributed by atoms with Crippen molar-refractivity contribution in [2.45, 2.75) is 23.8 Å². The van der Waals surface area contributed by atoms with Crippen molar-refractivity contribution < 1.29 is 18.1 Å². The molecule has 10 heteroatoms. The number of carbonyl (C=O) groups is 1. The van der Waals surface area contributed by atoms with E-state index < -0.39 is 25.5 Å². The van der Waals surface area contributed by atoms with E-state index >= 15 is 0 Å². The molecule has 2 rings (SSSR count). The summed E-state index contributed by atoms with van der Waals surface area (Å²) in [6.07, 6.45) is 1.69. The quantitative estimate of drug-likeness (QED) is 0.355. The summed E-state index contributed by atoms with van der Waals surface area (Å²) in [4.78, 5) is 21.5. The summed E-state index contributed by atoms with van der Waals surface area (Å²) in [5.41, 5.74) is -0.487. The van der Waals surface area contributed by atoms with Crippen molar-refractivity contribution in [3.63, 3.8) is 0 Å². The Hall–Kier alpha value is -2.04. The first-order valence-corrected chi connectivity index (χ1v) is 8.64. The van der Waals surface area contributed by atoms with E-state index in [2.05, 4.69) is 15.4 Å². The molecule has 1 aromatic rings. The van der Waals surface area contributed by atoms with Crippen LogP contribution in [0.25, 0.3) is 0 Å². The molecule has 126 valence electrons. The Morgan fingerprint density at radius 1 is 1.35 bits per heavy atom. The van der Waals surface area contributed by atoms with Gasteiger partial charge in [0.05, 0.1) is 11.0 Å². The van der Waals surface area contributed by atoms with Crippen molar-refractivity contribution in [3.05, 3.63) is 34.4 Å². The van der Waals surface area contributed by atoms with E-state index in [-0.39, 0.29) is 25.0 Å². The lowest BCUT2D eigenvalue weighted by Crippen LogP contribution is -2.43. The second-order valence-corrected chi connectivity index (χ2v) is 6.80. The highest BCUT2D eigenvalue weighted by molar-refractivity contribution is 7.89. The molecule has 23 heavy (non-hydrogen) atoms. The van der Waals surface area contributed by atoms with E-state index in [0.717, 1.165) is 25.5 Å². The standard InChI is InChI=1S/C13H18N4O5S/c18-13(10-4-3-7-14-10)15-8-9-16-23(21,22)12-6-2-1-5-11(12)17(19)20/h1-2,5-6,10,14,16H,3-4,7-9H2,(H,15,18). The minimum absolute atomic E-state index is 0.0488. The molecule has 1 saturated heterocycles. The number of amides is 1. The average Bonchev–Trinajstić information content (AvgIpc) is 3.06. The van der Waals surface area contributed by atoms with Crippen molar-refractivity contribution in [2.24, 2.45) is 0 Å². The number of hydrogen-bond donors (Lipinski definition) is 3. The number of benzene rings is 1. The minimum atomic E-state index is -4.01. The molecular weight excluding hydrogens is 324 g/mol. The molecule has 0 radical (unpaired) electrons. The van der Waals surface area contributed by atoms with Crippen LogP contribution in [-0.2, 0) is 14.8 Å². The van der Waals surface area contributed by atoms with E-state index in [1.165, 1.54) is 18.2 Å². The Labute approximate surface area is 133 Å². The van der Waals surface area contributed by atoms with E-state index in [1.807, 2.05) is 0 Å². The molecule has 1 unspecified atom stereocenters. The molecular formula is C13H18N4O5S. The van der Waals surface area contributed by atoms with Crippen LogP contribution in [0.2, 0.25) is 0 Å². The summed E-state index contributed by atoms with van der Waals surface area (Å²) >= 11 is 0. The van der Waals surface area contributed by atoms with Crippen LogP contribution in [-0.4, -0.2) is 44.9 Å². The molecule has 0 spiro atoms. The zero-order valence-electron chi connectivity index (χ0n) is 12.3. The molecule has 0 saturated carbocycles. The van der Waals surface area contributed by atoms with Gasteiger partial charge in [-0.3, -0.25) is 14.9 Å². The highest BCUT2D eigenvalue weighted by Crippen LogP contribution is 2.22. The number of para-hydroxylation sites is 1. The zero-order chi connectivity index (χ0) is 16.9. The van der Waals surface area contributed by atoms with Crippen LogP contribution in [0, 0.1) is 10.1 Å². The fourth-order valence-electron chi connectivity index (χ4n) is 2.32. The predicted octanol–water partition coefficient (Wildman–Crippen LogP) is -0.259. The molecule has 1 fully saturated rings. The van der Waals surface area contributed by atoms with E-state index in [0.29, 0.717) is 0 Å². The average molecular weight is 342 g/mol. The van der Waals surface area contributed by atoms with Gasteiger partial charge in [-0.05, 0) is 25.5 Å².